The Labute approximate surface area is 154 Å². The summed E-state index contributed by atoms with van der Waals surface area (Å²) in [7, 11) is 4.57. The van der Waals surface area contributed by atoms with Crippen LogP contribution in [0, 0.1) is 5.82 Å². The van der Waals surface area contributed by atoms with Crippen molar-refractivity contribution in [3.63, 3.8) is 0 Å². The molecule has 0 atom stereocenters. The van der Waals surface area contributed by atoms with E-state index in [-0.39, 0.29) is 5.75 Å². The average molecular weight is 376 g/mol. The van der Waals surface area contributed by atoms with Gasteiger partial charge in [-0.3, -0.25) is 0 Å². The zero-order chi connectivity index (χ0) is 18.5. The van der Waals surface area contributed by atoms with Gasteiger partial charge in [0.25, 0.3) is 11.1 Å². The first-order chi connectivity index (χ1) is 12.6. The normalized spacial score (nSPS) is 10.6. The molecule has 0 spiro atoms. The third kappa shape index (κ3) is 3.91. The molecule has 0 unspecified atom stereocenters. The molecule has 0 aliphatic carbocycles. The number of rotatable bonds is 7. The predicted octanol–water partition coefficient (Wildman–Crippen LogP) is 4.19. The Kier molecular flexibility index (Phi) is 5.62. The standard InChI is InChI=1S/C18H17FN2O4S/c1-22-12-5-6-13(16(9-12)24-3)17-20-21-18(25-17)26-10-11-4-7-15(23-2)14(19)8-11/h4-9H,10H2,1-3H3. The summed E-state index contributed by atoms with van der Waals surface area (Å²) in [6.45, 7) is 0. The van der Waals surface area contributed by atoms with Gasteiger partial charge >= 0.3 is 0 Å². The van der Waals surface area contributed by atoms with E-state index in [0.717, 1.165) is 5.56 Å². The zero-order valence-electron chi connectivity index (χ0n) is 14.5. The smallest absolute Gasteiger partial charge is 0.277 e. The summed E-state index contributed by atoms with van der Waals surface area (Å²) in [5.74, 6) is 1.88. The number of halogens is 1. The number of thioether (sulfide) groups is 1. The molecule has 0 bridgehead atoms. The highest BCUT2D eigenvalue weighted by Gasteiger charge is 2.15. The molecule has 8 heteroatoms. The minimum absolute atomic E-state index is 0.213. The van der Waals surface area contributed by atoms with Gasteiger partial charge in [-0.2, -0.15) is 0 Å². The van der Waals surface area contributed by atoms with Crippen molar-refractivity contribution in [1.29, 1.82) is 0 Å². The fourth-order valence-corrected chi connectivity index (χ4v) is 3.00. The number of aromatic nitrogens is 2. The van der Waals surface area contributed by atoms with E-state index in [1.54, 1.807) is 44.6 Å². The number of ether oxygens (including phenoxy) is 3. The number of hydrogen-bond acceptors (Lipinski definition) is 7. The Morgan fingerprint density at radius 2 is 1.77 bits per heavy atom. The fourth-order valence-electron chi connectivity index (χ4n) is 2.30. The van der Waals surface area contributed by atoms with Crippen molar-refractivity contribution in [3.05, 3.63) is 47.8 Å². The number of benzene rings is 2. The second-order valence-electron chi connectivity index (χ2n) is 5.20. The molecule has 3 aromatic rings. The van der Waals surface area contributed by atoms with Crippen LogP contribution in [0.25, 0.3) is 11.5 Å². The van der Waals surface area contributed by atoms with Gasteiger partial charge in [0.15, 0.2) is 11.6 Å². The first-order valence-electron chi connectivity index (χ1n) is 7.65. The molecule has 1 aromatic heterocycles. The lowest BCUT2D eigenvalue weighted by molar-refractivity contribution is 0.386. The van der Waals surface area contributed by atoms with Crippen molar-refractivity contribution in [2.45, 2.75) is 11.0 Å². The van der Waals surface area contributed by atoms with Gasteiger partial charge < -0.3 is 18.6 Å². The summed E-state index contributed by atoms with van der Waals surface area (Å²) in [6.07, 6.45) is 0. The summed E-state index contributed by atoms with van der Waals surface area (Å²) >= 11 is 1.32. The van der Waals surface area contributed by atoms with Crippen molar-refractivity contribution in [1.82, 2.24) is 10.2 Å². The highest BCUT2D eigenvalue weighted by Crippen LogP contribution is 2.34. The molecule has 26 heavy (non-hydrogen) atoms. The van der Waals surface area contributed by atoms with Gasteiger partial charge in [-0.25, -0.2) is 4.39 Å². The quantitative estimate of drug-likeness (QED) is 0.573. The van der Waals surface area contributed by atoms with Crippen LogP contribution in [0.4, 0.5) is 4.39 Å². The van der Waals surface area contributed by atoms with Gasteiger partial charge in [0, 0.05) is 11.8 Å². The number of nitrogens with zero attached hydrogens (tertiary/aromatic N) is 2. The van der Waals surface area contributed by atoms with Crippen LogP contribution >= 0.6 is 11.8 Å². The minimum atomic E-state index is -0.403. The Balaban J connectivity index is 1.73. The summed E-state index contributed by atoms with van der Waals surface area (Å²) < 4.78 is 34.9. The highest BCUT2D eigenvalue weighted by molar-refractivity contribution is 7.98. The van der Waals surface area contributed by atoms with E-state index in [4.69, 9.17) is 18.6 Å². The van der Waals surface area contributed by atoms with Crippen molar-refractivity contribution in [2.24, 2.45) is 0 Å². The third-order valence-corrected chi connectivity index (χ3v) is 4.51. The van der Waals surface area contributed by atoms with Gasteiger partial charge in [0.2, 0.25) is 0 Å². The largest absolute Gasteiger partial charge is 0.497 e. The van der Waals surface area contributed by atoms with Crippen LogP contribution < -0.4 is 14.2 Å². The van der Waals surface area contributed by atoms with Gasteiger partial charge in [0.05, 0.1) is 26.9 Å². The SMILES string of the molecule is COc1ccc(-c2nnc(SCc3ccc(OC)c(F)c3)o2)c(OC)c1. The van der Waals surface area contributed by atoms with Crippen LogP contribution in [0.15, 0.2) is 46.0 Å². The third-order valence-electron chi connectivity index (χ3n) is 3.62. The summed E-state index contributed by atoms with van der Waals surface area (Å²) in [4.78, 5) is 0. The molecule has 2 aromatic carbocycles. The minimum Gasteiger partial charge on any atom is -0.497 e. The Bertz CT molecular complexity index is 901. The summed E-state index contributed by atoms with van der Waals surface area (Å²) in [5.41, 5.74) is 1.46. The zero-order valence-corrected chi connectivity index (χ0v) is 15.3. The Morgan fingerprint density at radius 1 is 0.962 bits per heavy atom. The molecule has 0 radical (unpaired) electrons. The molecule has 0 aliphatic heterocycles. The molecular weight excluding hydrogens is 359 g/mol. The van der Waals surface area contributed by atoms with Gasteiger partial charge in [-0.05, 0) is 29.8 Å². The number of hydrogen-bond donors (Lipinski definition) is 0. The maximum absolute atomic E-state index is 13.7. The van der Waals surface area contributed by atoms with Crippen LogP contribution in [0.2, 0.25) is 0 Å². The maximum Gasteiger partial charge on any atom is 0.277 e. The molecule has 6 nitrogen and oxygen atoms in total. The molecular formula is C18H17FN2O4S. The van der Waals surface area contributed by atoms with Crippen molar-refractivity contribution >= 4 is 11.8 Å². The van der Waals surface area contributed by atoms with E-state index in [2.05, 4.69) is 10.2 Å². The van der Waals surface area contributed by atoms with Gasteiger partial charge in [-0.1, -0.05) is 17.8 Å². The second-order valence-corrected chi connectivity index (χ2v) is 6.12. The van der Waals surface area contributed by atoms with Crippen LogP contribution in [0.5, 0.6) is 17.2 Å². The van der Waals surface area contributed by atoms with Crippen molar-refractivity contribution in [2.75, 3.05) is 21.3 Å². The first kappa shape index (κ1) is 18.1. The van der Waals surface area contributed by atoms with Crippen molar-refractivity contribution < 1.29 is 23.0 Å². The lowest BCUT2D eigenvalue weighted by atomic mass is 10.2. The van der Waals surface area contributed by atoms with E-state index in [1.807, 2.05) is 0 Å². The van der Waals surface area contributed by atoms with Crippen LogP contribution in [-0.2, 0) is 5.75 Å². The topological polar surface area (TPSA) is 66.6 Å². The first-order valence-corrected chi connectivity index (χ1v) is 8.64. The van der Waals surface area contributed by atoms with E-state index in [9.17, 15) is 4.39 Å². The van der Waals surface area contributed by atoms with Crippen LogP contribution in [0.1, 0.15) is 5.56 Å². The fraction of sp³-hybridized carbons (Fsp3) is 0.222. The molecule has 0 aliphatic rings. The monoisotopic (exact) mass is 376 g/mol. The Hall–Kier alpha value is -2.74. The average Bonchev–Trinajstić information content (AvgIpc) is 3.14. The van der Waals surface area contributed by atoms with Gasteiger partial charge in [-0.15, -0.1) is 10.2 Å². The molecule has 1 heterocycles. The second kappa shape index (κ2) is 8.09. The van der Waals surface area contributed by atoms with Crippen LogP contribution in [0.3, 0.4) is 0 Å². The number of methoxy groups -OCH3 is 3. The lowest BCUT2D eigenvalue weighted by Crippen LogP contribution is -1.90. The molecule has 0 fully saturated rings. The highest BCUT2D eigenvalue weighted by atomic mass is 32.2. The predicted molar refractivity (Wildman–Crippen MR) is 95.4 cm³/mol. The summed E-state index contributed by atoms with van der Waals surface area (Å²) in [5, 5.41) is 8.46. The molecule has 0 saturated heterocycles. The van der Waals surface area contributed by atoms with Crippen LogP contribution in [-0.4, -0.2) is 31.5 Å². The molecule has 136 valence electrons. The summed E-state index contributed by atoms with van der Waals surface area (Å²) in [6, 6.07) is 10.1. The Morgan fingerprint density at radius 3 is 2.46 bits per heavy atom. The van der Waals surface area contributed by atoms with E-state index in [0.29, 0.717) is 33.9 Å². The van der Waals surface area contributed by atoms with E-state index in [1.165, 1.54) is 24.9 Å². The molecule has 0 saturated carbocycles. The van der Waals surface area contributed by atoms with E-state index >= 15 is 0 Å². The molecule has 0 amide bonds. The van der Waals surface area contributed by atoms with Crippen molar-refractivity contribution in [3.8, 4) is 28.7 Å². The van der Waals surface area contributed by atoms with Gasteiger partial charge in [0.1, 0.15) is 11.5 Å². The molecule has 3 rings (SSSR count). The van der Waals surface area contributed by atoms with E-state index < -0.39 is 5.82 Å². The maximum atomic E-state index is 13.7. The molecule has 0 N–H and O–H groups in total. The lowest BCUT2D eigenvalue weighted by Gasteiger charge is -2.07.